The van der Waals surface area contributed by atoms with E-state index in [1.807, 2.05) is 11.3 Å². The van der Waals surface area contributed by atoms with Gasteiger partial charge >= 0.3 is 0 Å². The van der Waals surface area contributed by atoms with Crippen LogP contribution in [0.3, 0.4) is 0 Å². The van der Waals surface area contributed by atoms with Gasteiger partial charge in [-0.1, -0.05) is 12.8 Å². The average Bonchev–Trinajstić information content (AvgIpc) is 3.10. The summed E-state index contributed by atoms with van der Waals surface area (Å²) in [6.07, 6.45) is 8.33. The van der Waals surface area contributed by atoms with Gasteiger partial charge in [-0.3, -0.25) is 4.90 Å². The first-order valence-electron chi connectivity index (χ1n) is 7.75. The molecule has 1 N–H and O–H groups in total. The Morgan fingerprint density at radius 1 is 1.16 bits per heavy atom. The summed E-state index contributed by atoms with van der Waals surface area (Å²) in [5, 5.41) is 3.66. The largest absolute Gasteiger partial charge is 0.311 e. The van der Waals surface area contributed by atoms with Gasteiger partial charge in [0, 0.05) is 15.3 Å². The number of thiophene rings is 1. The van der Waals surface area contributed by atoms with E-state index in [4.69, 9.17) is 0 Å². The first-order valence-corrected chi connectivity index (χ1v) is 8.56. The van der Waals surface area contributed by atoms with Crippen LogP contribution in [0.5, 0.6) is 0 Å². The fourth-order valence-corrected chi connectivity index (χ4v) is 5.32. The van der Waals surface area contributed by atoms with Crippen LogP contribution < -0.4 is 5.32 Å². The summed E-state index contributed by atoms with van der Waals surface area (Å²) in [5.41, 5.74) is 0.391. The minimum absolute atomic E-state index is 0.391. The molecule has 2 heterocycles. The normalized spacial score (nSPS) is 24.9. The van der Waals surface area contributed by atoms with Gasteiger partial charge in [-0.05, 0) is 64.9 Å². The fourth-order valence-electron chi connectivity index (χ4n) is 4.22. The van der Waals surface area contributed by atoms with Gasteiger partial charge in [0.25, 0.3) is 0 Å². The molecule has 3 heteroatoms. The zero-order valence-corrected chi connectivity index (χ0v) is 13.1. The van der Waals surface area contributed by atoms with Gasteiger partial charge in [-0.15, -0.1) is 11.3 Å². The van der Waals surface area contributed by atoms with Crippen molar-refractivity contribution in [3.05, 3.63) is 21.9 Å². The lowest BCUT2D eigenvalue weighted by Gasteiger charge is -2.44. The van der Waals surface area contributed by atoms with Crippen molar-refractivity contribution in [1.29, 1.82) is 0 Å². The predicted octanol–water partition coefficient (Wildman–Crippen LogP) is 3.73. The second-order valence-corrected chi connectivity index (χ2v) is 7.49. The molecule has 1 aliphatic heterocycles. The third-order valence-electron chi connectivity index (χ3n) is 5.08. The van der Waals surface area contributed by atoms with Gasteiger partial charge in [0.1, 0.15) is 0 Å². The first kappa shape index (κ1) is 13.6. The Balaban J connectivity index is 1.93. The summed E-state index contributed by atoms with van der Waals surface area (Å²) in [5.74, 6) is 0. The van der Waals surface area contributed by atoms with E-state index in [9.17, 15) is 0 Å². The maximum Gasteiger partial charge on any atom is 0.0599 e. The van der Waals surface area contributed by atoms with Gasteiger partial charge in [0.2, 0.25) is 0 Å². The van der Waals surface area contributed by atoms with Crippen molar-refractivity contribution in [2.45, 2.75) is 57.0 Å². The van der Waals surface area contributed by atoms with E-state index in [1.54, 1.807) is 0 Å². The van der Waals surface area contributed by atoms with Crippen molar-refractivity contribution in [2.75, 3.05) is 20.1 Å². The topological polar surface area (TPSA) is 15.3 Å². The van der Waals surface area contributed by atoms with E-state index in [2.05, 4.69) is 36.3 Å². The van der Waals surface area contributed by atoms with E-state index in [0.717, 1.165) is 0 Å². The molecule has 0 amide bonds. The zero-order chi connectivity index (χ0) is 13.3. The van der Waals surface area contributed by atoms with Crippen LogP contribution >= 0.6 is 11.3 Å². The van der Waals surface area contributed by atoms with Gasteiger partial charge in [-0.2, -0.15) is 0 Å². The molecule has 19 heavy (non-hydrogen) atoms. The molecule has 1 aromatic heterocycles. The number of rotatable bonds is 4. The molecule has 1 saturated carbocycles. The Morgan fingerprint density at radius 3 is 2.37 bits per heavy atom. The Bertz CT molecular complexity index is 414. The quantitative estimate of drug-likeness (QED) is 0.903. The van der Waals surface area contributed by atoms with E-state index >= 15 is 0 Å². The number of likely N-dealkylation sites (N-methyl/N-ethyl adjacent to an activating group) is 1. The summed E-state index contributed by atoms with van der Waals surface area (Å²) in [6, 6.07) is 5.14. The van der Waals surface area contributed by atoms with Crippen molar-refractivity contribution in [3.63, 3.8) is 0 Å². The fraction of sp³-hybridized carbons (Fsp3) is 0.750. The number of likely N-dealkylation sites (tertiary alicyclic amines) is 1. The van der Waals surface area contributed by atoms with Crippen molar-refractivity contribution in [2.24, 2.45) is 0 Å². The van der Waals surface area contributed by atoms with E-state index < -0.39 is 0 Å². The van der Waals surface area contributed by atoms with Crippen molar-refractivity contribution >= 4 is 11.3 Å². The average molecular weight is 278 g/mol. The zero-order valence-electron chi connectivity index (χ0n) is 12.2. The summed E-state index contributed by atoms with van der Waals surface area (Å²) in [7, 11) is 2.15. The number of aryl methyl sites for hydroxylation is 1. The molecule has 1 aromatic rings. The van der Waals surface area contributed by atoms with Crippen LogP contribution in [0.4, 0.5) is 0 Å². The minimum Gasteiger partial charge on any atom is -0.311 e. The van der Waals surface area contributed by atoms with Crippen LogP contribution in [0.1, 0.15) is 54.3 Å². The lowest BCUT2D eigenvalue weighted by Crippen LogP contribution is -2.53. The molecule has 0 bridgehead atoms. The molecule has 3 rings (SSSR count). The third-order valence-corrected chi connectivity index (χ3v) is 6.14. The van der Waals surface area contributed by atoms with Crippen LogP contribution in [0.15, 0.2) is 12.1 Å². The molecule has 106 valence electrons. The highest BCUT2D eigenvalue weighted by molar-refractivity contribution is 7.12. The van der Waals surface area contributed by atoms with Crippen molar-refractivity contribution in [1.82, 2.24) is 10.2 Å². The number of nitrogens with one attached hydrogen (secondary N) is 1. The van der Waals surface area contributed by atoms with Gasteiger partial charge in [-0.25, -0.2) is 0 Å². The monoisotopic (exact) mass is 278 g/mol. The van der Waals surface area contributed by atoms with E-state index in [0.29, 0.717) is 11.6 Å². The highest BCUT2D eigenvalue weighted by Gasteiger charge is 2.47. The first-order chi connectivity index (χ1) is 9.26. The number of hydrogen-bond acceptors (Lipinski definition) is 3. The second-order valence-electron chi connectivity index (χ2n) is 6.17. The van der Waals surface area contributed by atoms with E-state index in [1.165, 1.54) is 61.4 Å². The second kappa shape index (κ2) is 5.55. The number of nitrogens with zero attached hydrogens (tertiary/aromatic N) is 1. The molecule has 0 spiro atoms. The van der Waals surface area contributed by atoms with Crippen LogP contribution in [0.25, 0.3) is 0 Å². The van der Waals surface area contributed by atoms with Crippen LogP contribution in [0, 0.1) is 6.92 Å². The Kier molecular flexibility index (Phi) is 3.97. The maximum atomic E-state index is 3.66. The highest BCUT2D eigenvalue weighted by atomic mass is 32.1. The van der Waals surface area contributed by atoms with Crippen LogP contribution in [0.2, 0.25) is 0 Å². The molecule has 0 aromatic carbocycles. The Morgan fingerprint density at radius 2 is 1.84 bits per heavy atom. The van der Waals surface area contributed by atoms with Crippen LogP contribution in [-0.2, 0) is 0 Å². The SMILES string of the molecule is CNC(c1ccc(C)s1)C1(N2CCCC2)CCCC1. The third kappa shape index (κ3) is 2.37. The molecule has 2 aliphatic rings. The maximum absolute atomic E-state index is 3.66. The molecule has 1 saturated heterocycles. The standard InChI is InChI=1S/C16H26N2S/c1-13-7-8-14(19-13)15(17-2)16(9-3-4-10-16)18-11-5-6-12-18/h7-8,15,17H,3-6,9-12H2,1-2H3. The summed E-state index contributed by atoms with van der Waals surface area (Å²) in [4.78, 5) is 5.77. The van der Waals surface area contributed by atoms with Gasteiger partial charge < -0.3 is 5.32 Å². The molecule has 2 fully saturated rings. The van der Waals surface area contributed by atoms with Crippen LogP contribution in [-0.4, -0.2) is 30.6 Å². The molecule has 1 aliphatic carbocycles. The lowest BCUT2D eigenvalue weighted by atomic mass is 9.85. The summed E-state index contributed by atoms with van der Waals surface area (Å²) < 4.78 is 0. The van der Waals surface area contributed by atoms with Gasteiger partial charge in [0.15, 0.2) is 0 Å². The molecule has 1 atom stereocenters. The minimum atomic E-state index is 0.391. The van der Waals surface area contributed by atoms with Crippen molar-refractivity contribution in [3.8, 4) is 0 Å². The Hall–Kier alpha value is -0.380. The molecule has 1 unspecified atom stereocenters. The summed E-state index contributed by atoms with van der Waals surface area (Å²) in [6.45, 7) is 4.84. The number of hydrogen-bond donors (Lipinski definition) is 1. The van der Waals surface area contributed by atoms with Crippen molar-refractivity contribution < 1.29 is 0 Å². The Labute approximate surface area is 121 Å². The molecule has 2 nitrogen and oxygen atoms in total. The summed E-state index contributed by atoms with van der Waals surface area (Å²) >= 11 is 1.98. The smallest absolute Gasteiger partial charge is 0.0599 e. The molecular formula is C16H26N2S. The molecular weight excluding hydrogens is 252 g/mol. The van der Waals surface area contributed by atoms with Gasteiger partial charge in [0.05, 0.1) is 6.04 Å². The highest BCUT2D eigenvalue weighted by Crippen LogP contribution is 2.46. The molecule has 0 radical (unpaired) electrons. The lowest BCUT2D eigenvalue weighted by molar-refractivity contribution is 0.0810. The van der Waals surface area contributed by atoms with E-state index in [-0.39, 0.29) is 0 Å². The predicted molar refractivity (Wildman–Crippen MR) is 82.9 cm³/mol.